The van der Waals surface area contributed by atoms with Crippen molar-refractivity contribution in [1.82, 2.24) is 15.5 Å². The molecule has 3 heterocycles. The first-order valence-corrected chi connectivity index (χ1v) is 11.6. The molecule has 0 radical (unpaired) electrons. The van der Waals surface area contributed by atoms with E-state index in [4.69, 9.17) is 17.0 Å². The first-order valence-electron chi connectivity index (χ1n) is 7.55. The molecule has 0 aromatic rings. The molecule has 0 unspecified atom stereocenters. The average molecular weight is 398 g/mol. The summed E-state index contributed by atoms with van der Waals surface area (Å²) < 4.78 is 52.7. The maximum atomic E-state index is 12.1. The maximum absolute atomic E-state index is 12.1. The fourth-order valence-electron chi connectivity index (χ4n) is 3.59. The lowest BCUT2D eigenvalue weighted by Gasteiger charge is -2.33. The Balaban J connectivity index is 1.85. The van der Waals surface area contributed by atoms with Crippen molar-refractivity contribution in [3.05, 3.63) is 0 Å². The van der Waals surface area contributed by atoms with Crippen LogP contribution in [0.2, 0.25) is 0 Å². The second kappa shape index (κ2) is 5.99. The van der Waals surface area contributed by atoms with Crippen LogP contribution in [0.1, 0.15) is 6.92 Å². The van der Waals surface area contributed by atoms with Crippen molar-refractivity contribution >= 4 is 43.1 Å². The van der Waals surface area contributed by atoms with Gasteiger partial charge in [-0.15, -0.1) is 0 Å². The number of nitrogens with one attached hydrogen (secondary N) is 2. The number of alkyl carbamates (subject to hydrolysis) is 1. The van der Waals surface area contributed by atoms with Crippen molar-refractivity contribution in [2.24, 2.45) is 0 Å². The summed E-state index contributed by atoms with van der Waals surface area (Å²) in [5.74, 6) is -0.508. The molecule has 0 aliphatic carbocycles. The van der Waals surface area contributed by atoms with Crippen LogP contribution in [0.5, 0.6) is 0 Å². The molecule has 1 amide bonds. The quantitative estimate of drug-likeness (QED) is 0.534. The molecule has 0 spiro atoms. The SMILES string of the molecule is CCOC(=O)N[C@@H]1CS(=O)(=O)C[C@@H]1N1C(=S)N[C@@H]2CS(=O)(=O)C[C@@H]21. The van der Waals surface area contributed by atoms with Gasteiger partial charge in [0.2, 0.25) is 0 Å². The third-order valence-corrected chi connectivity index (χ3v) is 8.24. The number of ether oxygens (including phenoxy) is 1. The molecule has 24 heavy (non-hydrogen) atoms. The van der Waals surface area contributed by atoms with E-state index in [-0.39, 0.29) is 35.7 Å². The molecule has 0 saturated carbocycles. The molecule has 9 nitrogen and oxygen atoms in total. The number of fused-ring (bicyclic) bond motifs is 1. The van der Waals surface area contributed by atoms with Gasteiger partial charge in [0.25, 0.3) is 0 Å². The first-order chi connectivity index (χ1) is 11.1. The number of amides is 1. The van der Waals surface area contributed by atoms with Gasteiger partial charge in [-0.2, -0.15) is 0 Å². The van der Waals surface area contributed by atoms with E-state index in [1.807, 2.05) is 0 Å². The lowest BCUT2D eigenvalue weighted by molar-refractivity contribution is 0.143. The summed E-state index contributed by atoms with van der Waals surface area (Å²) in [6.45, 7) is 1.82. The van der Waals surface area contributed by atoms with Gasteiger partial charge < -0.3 is 20.3 Å². The Morgan fingerprint density at radius 2 is 1.83 bits per heavy atom. The predicted octanol–water partition coefficient (Wildman–Crippen LogP) is -1.75. The van der Waals surface area contributed by atoms with Crippen LogP contribution in [0, 0.1) is 0 Å². The monoisotopic (exact) mass is 397 g/mol. The van der Waals surface area contributed by atoms with Crippen molar-refractivity contribution in [1.29, 1.82) is 0 Å². The molecule has 3 saturated heterocycles. The highest BCUT2D eigenvalue weighted by atomic mass is 32.2. The van der Waals surface area contributed by atoms with Crippen LogP contribution in [0.15, 0.2) is 0 Å². The Labute approximate surface area is 145 Å². The van der Waals surface area contributed by atoms with Gasteiger partial charge in [-0.3, -0.25) is 0 Å². The van der Waals surface area contributed by atoms with E-state index in [9.17, 15) is 21.6 Å². The topological polar surface area (TPSA) is 122 Å². The lowest BCUT2D eigenvalue weighted by Crippen LogP contribution is -2.55. The van der Waals surface area contributed by atoms with Crippen LogP contribution >= 0.6 is 12.2 Å². The van der Waals surface area contributed by atoms with E-state index in [0.717, 1.165) is 0 Å². The van der Waals surface area contributed by atoms with E-state index in [1.165, 1.54) is 0 Å². The largest absolute Gasteiger partial charge is 0.450 e. The minimum absolute atomic E-state index is 0.0241. The van der Waals surface area contributed by atoms with Gasteiger partial charge in [-0.05, 0) is 19.1 Å². The zero-order valence-electron chi connectivity index (χ0n) is 13.0. The van der Waals surface area contributed by atoms with Crippen molar-refractivity contribution in [2.75, 3.05) is 29.6 Å². The molecule has 12 heteroatoms. The Hall–Kier alpha value is -1.14. The van der Waals surface area contributed by atoms with E-state index in [1.54, 1.807) is 11.8 Å². The molecule has 3 rings (SSSR count). The summed E-state index contributed by atoms with van der Waals surface area (Å²) in [6.07, 6.45) is -0.696. The molecule has 2 N–H and O–H groups in total. The normalized spacial score (nSPS) is 36.2. The Morgan fingerprint density at radius 3 is 2.50 bits per heavy atom. The standard InChI is InChI=1S/C12H19N3O6S3/c1-2-21-12(16)14-8-4-24(19,20)6-10(8)15-9-5-23(17,18)3-7(9)13-11(15)22/h7-10H,2-6H2,1H3,(H,13,22)(H,14,16)/t7-,8-,9+,10+/m1/s1. The molecule has 0 aromatic carbocycles. The van der Waals surface area contributed by atoms with E-state index < -0.39 is 43.9 Å². The van der Waals surface area contributed by atoms with Crippen molar-refractivity contribution in [2.45, 2.75) is 31.1 Å². The zero-order chi connectivity index (χ0) is 17.7. The fraction of sp³-hybridized carbons (Fsp3) is 0.833. The third kappa shape index (κ3) is 3.31. The third-order valence-electron chi connectivity index (χ3n) is 4.48. The molecule has 3 aliphatic rings. The van der Waals surface area contributed by atoms with E-state index >= 15 is 0 Å². The Morgan fingerprint density at radius 1 is 1.21 bits per heavy atom. The van der Waals surface area contributed by atoms with Crippen molar-refractivity contribution in [3.8, 4) is 0 Å². The number of hydrogen-bond donors (Lipinski definition) is 2. The minimum Gasteiger partial charge on any atom is -0.450 e. The van der Waals surface area contributed by atoms with Gasteiger partial charge in [0.15, 0.2) is 24.8 Å². The number of thiocarbonyl (C=S) groups is 1. The van der Waals surface area contributed by atoms with Crippen LogP contribution in [0.25, 0.3) is 0 Å². The number of hydrogen-bond acceptors (Lipinski definition) is 7. The molecule has 4 atom stereocenters. The van der Waals surface area contributed by atoms with Gasteiger partial charge in [0, 0.05) is 0 Å². The summed E-state index contributed by atoms with van der Waals surface area (Å²) in [5.41, 5.74) is 0. The molecule has 3 fully saturated rings. The molecular weight excluding hydrogens is 378 g/mol. The fourth-order valence-corrected chi connectivity index (χ4v) is 7.81. The maximum Gasteiger partial charge on any atom is 0.407 e. The van der Waals surface area contributed by atoms with Gasteiger partial charge in [0.1, 0.15) is 0 Å². The summed E-state index contributed by atoms with van der Waals surface area (Å²) in [4.78, 5) is 13.3. The second-order valence-corrected chi connectivity index (χ2v) is 10.9. The van der Waals surface area contributed by atoms with Crippen LogP contribution in [-0.2, 0) is 24.4 Å². The summed E-state index contributed by atoms with van der Waals surface area (Å²) in [5, 5.41) is 5.86. The smallest absolute Gasteiger partial charge is 0.407 e. The zero-order valence-corrected chi connectivity index (χ0v) is 15.4. The molecule has 3 aliphatic heterocycles. The van der Waals surface area contributed by atoms with Gasteiger partial charge in [-0.1, -0.05) is 0 Å². The minimum atomic E-state index is -3.37. The predicted molar refractivity (Wildman–Crippen MR) is 90.2 cm³/mol. The van der Waals surface area contributed by atoms with Crippen LogP contribution < -0.4 is 10.6 Å². The second-order valence-electron chi connectivity index (χ2n) is 6.22. The van der Waals surface area contributed by atoms with Crippen LogP contribution in [0.4, 0.5) is 4.79 Å². The van der Waals surface area contributed by atoms with Gasteiger partial charge in [0.05, 0.1) is 53.8 Å². The first kappa shape index (κ1) is 17.7. The molecule has 0 bridgehead atoms. The Bertz CT molecular complexity index is 765. The Kier molecular flexibility index (Phi) is 4.41. The summed E-state index contributed by atoms with van der Waals surface area (Å²) in [6, 6.07) is -2.06. The molecule has 136 valence electrons. The number of rotatable bonds is 3. The van der Waals surface area contributed by atoms with E-state index in [0.29, 0.717) is 5.11 Å². The summed E-state index contributed by atoms with van der Waals surface area (Å²) in [7, 11) is -6.57. The highest BCUT2D eigenvalue weighted by Crippen LogP contribution is 2.30. The van der Waals surface area contributed by atoms with Crippen LogP contribution in [0.3, 0.4) is 0 Å². The number of nitrogens with zero attached hydrogens (tertiary/aromatic N) is 1. The van der Waals surface area contributed by atoms with Crippen molar-refractivity contribution < 1.29 is 26.4 Å². The average Bonchev–Trinajstić information content (AvgIpc) is 2.96. The molecule has 0 aromatic heterocycles. The van der Waals surface area contributed by atoms with Crippen LogP contribution in [-0.4, -0.2) is 86.7 Å². The number of sulfone groups is 2. The van der Waals surface area contributed by atoms with Crippen molar-refractivity contribution in [3.63, 3.8) is 0 Å². The highest BCUT2D eigenvalue weighted by molar-refractivity contribution is 7.92. The van der Waals surface area contributed by atoms with Gasteiger partial charge in [-0.25, -0.2) is 21.6 Å². The van der Waals surface area contributed by atoms with E-state index in [2.05, 4.69) is 10.6 Å². The summed E-state index contributed by atoms with van der Waals surface area (Å²) >= 11 is 5.28. The van der Waals surface area contributed by atoms with Gasteiger partial charge >= 0.3 is 6.09 Å². The lowest BCUT2D eigenvalue weighted by atomic mass is 10.1. The highest BCUT2D eigenvalue weighted by Gasteiger charge is 2.53. The number of carbonyl (C=O) groups excluding carboxylic acids is 1. The molecular formula is C12H19N3O6S3. The number of carbonyl (C=O) groups is 1.